The van der Waals surface area contributed by atoms with Crippen molar-refractivity contribution in [3.63, 3.8) is 0 Å². The van der Waals surface area contributed by atoms with Crippen molar-refractivity contribution in [3.8, 4) is 11.5 Å². The number of benzene rings is 3. The Hall–Kier alpha value is -3.95. The van der Waals surface area contributed by atoms with Crippen LogP contribution in [-0.4, -0.2) is 29.2 Å². The summed E-state index contributed by atoms with van der Waals surface area (Å²) in [4.78, 5) is 30.7. The number of H-pyrrole nitrogens is 1. The molecule has 1 heterocycles. The molecule has 9 nitrogen and oxygen atoms in total. The van der Waals surface area contributed by atoms with Gasteiger partial charge in [0.25, 0.3) is 0 Å². The second-order valence-corrected chi connectivity index (χ2v) is 7.03. The number of nitrogens with zero attached hydrogens (tertiary/aromatic N) is 1. The van der Waals surface area contributed by atoms with Crippen molar-refractivity contribution in [2.24, 2.45) is 0 Å². The second-order valence-electron chi connectivity index (χ2n) is 6.60. The molecule has 0 aliphatic heterocycles. The molecule has 4 N–H and O–H groups in total. The number of ether oxygens (including phenoxy) is 2. The lowest BCUT2D eigenvalue weighted by atomic mass is 10.3. The van der Waals surface area contributed by atoms with Crippen LogP contribution in [0.3, 0.4) is 0 Å². The first kappa shape index (κ1) is 23.7. The Morgan fingerprint density at radius 3 is 2.36 bits per heavy atom. The van der Waals surface area contributed by atoms with E-state index < -0.39 is 6.09 Å². The van der Waals surface area contributed by atoms with E-state index in [-0.39, 0.29) is 24.4 Å². The van der Waals surface area contributed by atoms with Crippen LogP contribution in [0.4, 0.5) is 26.9 Å². The number of carbonyl (C=O) groups is 2. The van der Waals surface area contributed by atoms with Gasteiger partial charge in [0.05, 0.1) is 18.1 Å². The van der Waals surface area contributed by atoms with E-state index in [2.05, 4.69) is 30.7 Å². The van der Waals surface area contributed by atoms with Crippen LogP contribution in [0.15, 0.2) is 66.7 Å². The third-order valence-electron chi connectivity index (χ3n) is 4.29. The van der Waals surface area contributed by atoms with Crippen LogP contribution in [0, 0.1) is 0 Å². The number of amides is 3. The molecule has 1 aromatic heterocycles. The summed E-state index contributed by atoms with van der Waals surface area (Å²) < 4.78 is 10.4. The lowest BCUT2D eigenvalue weighted by Crippen LogP contribution is -2.19. The second kappa shape index (κ2) is 10.6. The number of hydrogen-bond acceptors (Lipinski definition) is 5. The standard InChI is InChI=1S/C22H18ClN5O4.ClH/c1-31-22(30)28-20-26-18-10-9-17(12-19(18)27-20)32-16-7-5-14(6-8-16)24-21(29)25-15-4-2-3-13(23)11-15;/h2-12H,1H3,(H2,24,25,29)(H2,26,27,28,30);1H. The number of rotatable bonds is 5. The molecule has 0 bridgehead atoms. The number of aromatic amines is 1. The summed E-state index contributed by atoms with van der Waals surface area (Å²) in [6.07, 6.45) is -0.615. The average Bonchev–Trinajstić information content (AvgIpc) is 3.16. The van der Waals surface area contributed by atoms with Crippen LogP contribution in [-0.2, 0) is 4.74 Å². The molecule has 3 amide bonds. The monoisotopic (exact) mass is 487 g/mol. The summed E-state index contributed by atoms with van der Waals surface area (Å²) >= 11 is 5.92. The number of anilines is 3. The van der Waals surface area contributed by atoms with E-state index in [1.807, 2.05) is 0 Å². The van der Waals surface area contributed by atoms with Gasteiger partial charge in [-0.05, 0) is 54.6 Å². The van der Waals surface area contributed by atoms with E-state index in [1.165, 1.54) is 7.11 Å². The molecule has 11 heteroatoms. The molecule has 0 aliphatic carbocycles. The first-order chi connectivity index (χ1) is 15.5. The van der Waals surface area contributed by atoms with Gasteiger partial charge in [-0.25, -0.2) is 14.6 Å². The van der Waals surface area contributed by atoms with Gasteiger partial charge in [0, 0.05) is 22.5 Å². The minimum Gasteiger partial charge on any atom is -0.457 e. The molecule has 170 valence electrons. The Morgan fingerprint density at radius 2 is 1.64 bits per heavy atom. The van der Waals surface area contributed by atoms with Gasteiger partial charge in [0.15, 0.2) is 0 Å². The molecule has 0 saturated heterocycles. The van der Waals surface area contributed by atoms with Gasteiger partial charge in [-0.3, -0.25) is 5.32 Å². The fourth-order valence-electron chi connectivity index (χ4n) is 2.86. The molecule has 0 spiro atoms. The largest absolute Gasteiger partial charge is 0.457 e. The summed E-state index contributed by atoms with van der Waals surface area (Å²) in [5.41, 5.74) is 2.53. The van der Waals surface area contributed by atoms with Crippen LogP contribution in [0.2, 0.25) is 5.02 Å². The maximum absolute atomic E-state index is 12.1. The van der Waals surface area contributed by atoms with Gasteiger partial charge in [0.2, 0.25) is 5.95 Å². The summed E-state index contributed by atoms with van der Waals surface area (Å²) in [6.45, 7) is 0. The Labute approximate surface area is 199 Å². The summed E-state index contributed by atoms with van der Waals surface area (Å²) in [5.74, 6) is 1.43. The number of imidazole rings is 1. The first-order valence-corrected chi connectivity index (χ1v) is 9.82. The van der Waals surface area contributed by atoms with Gasteiger partial charge < -0.3 is 25.1 Å². The van der Waals surface area contributed by atoms with Gasteiger partial charge >= 0.3 is 12.1 Å². The number of carbonyl (C=O) groups excluding carboxylic acids is 2. The van der Waals surface area contributed by atoms with E-state index in [0.29, 0.717) is 38.9 Å². The number of urea groups is 1. The minimum atomic E-state index is -0.615. The Morgan fingerprint density at radius 1 is 0.909 bits per heavy atom. The molecular weight excluding hydrogens is 469 g/mol. The van der Waals surface area contributed by atoms with Crippen LogP contribution in [0.1, 0.15) is 0 Å². The van der Waals surface area contributed by atoms with Crippen molar-refractivity contribution < 1.29 is 19.1 Å². The van der Waals surface area contributed by atoms with Crippen LogP contribution < -0.4 is 20.7 Å². The lowest BCUT2D eigenvalue weighted by molar-refractivity contribution is 0.186. The molecule has 0 fully saturated rings. The zero-order valence-electron chi connectivity index (χ0n) is 17.2. The normalized spacial score (nSPS) is 10.1. The molecule has 0 unspecified atom stereocenters. The Bertz CT molecular complexity index is 1280. The average molecular weight is 488 g/mol. The van der Waals surface area contributed by atoms with Crippen molar-refractivity contribution in [1.29, 1.82) is 0 Å². The van der Waals surface area contributed by atoms with Crippen molar-refractivity contribution in [1.82, 2.24) is 9.97 Å². The molecule has 0 radical (unpaired) electrons. The molecule has 0 atom stereocenters. The summed E-state index contributed by atoms with van der Waals surface area (Å²) in [6, 6.07) is 18.7. The smallest absolute Gasteiger partial charge is 0.413 e. The van der Waals surface area contributed by atoms with E-state index in [1.54, 1.807) is 66.7 Å². The molecular formula is C22H19Cl2N5O4. The Balaban J connectivity index is 0.00000306. The third kappa shape index (κ3) is 6.28. The van der Waals surface area contributed by atoms with Gasteiger partial charge in [-0.15, -0.1) is 12.4 Å². The summed E-state index contributed by atoms with van der Waals surface area (Å²) in [5, 5.41) is 8.46. The fourth-order valence-corrected chi connectivity index (χ4v) is 3.05. The first-order valence-electron chi connectivity index (χ1n) is 9.45. The van der Waals surface area contributed by atoms with Crippen molar-refractivity contribution in [2.75, 3.05) is 23.1 Å². The van der Waals surface area contributed by atoms with Crippen molar-refractivity contribution >= 4 is 64.5 Å². The Kier molecular flexibility index (Phi) is 7.60. The van der Waals surface area contributed by atoms with Crippen LogP contribution >= 0.6 is 24.0 Å². The van der Waals surface area contributed by atoms with Gasteiger partial charge in [-0.2, -0.15) is 0 Å². The highest BCUT2D eigenvalue weighted by molar-refractivity contribution is 6.30. The number of methoxy groups -OCH3 is 1. The molecule has 33 heavy (non-hydrogen) atoms. The molecule has 4 aromatic rings. The number of nitrogens with one attached hydrogen (secondary N) is 4. The predicted molar refractivity (Wildman–Crippen MR) is 130 cm³/mol. The van der Waals surface area contributed by atoms with Crippen molar-refractivity contribution in [3.05, 3.63) is 71.8 Å². The highest BCUT2D eigenvalue weighted by Gasteiger charge is 2.08. The lowest BCUT2D eigenvalue weighted by Gasteiger charge is -2.09. The SMILES string of the molecule is COC(=O)Nc1nc2ccc(Oc3ccc(NC(=O)Nc4cccc(Cl)c4)cc3)cc2[nH]1.Cl. The quantitative estimate of drug-likeness (QED) is 0.265. The van der Waals surface area contributed by atoms with Crippen LogP contribution in [0.25, 0.3) is 11.0 Å². The number of fused-ring (bicyclic) bond motifs is 1. The predicted octanol–water partition coefficient (Wildman–Crippen LogP) is 6.25. The molecule has 3 aromatic carbocycles. The number of aromatic nitrogens is 2. The maximum Gasteiger partial charge on any atom is 0.413 e. The van der Waals surface area contributed by atoms with E-state index in [0.717, 1.165) is 0 Å². The third-order valence-corrected chi connectivity index (χ3v) is 4.52. The van der Waals surface area contributed by atoms with Gasteiger partial charge in [0.1, 0.15) is 11.5 Å². The molecule has 4 rings (SSSR count). The molecule has 0 saturated carbocycles. The van der Waals surface area contributed by atoms with Crippen molar-refractivity contribution in [2.45, 2.75) is 0 Å². The highest BCUT2D eigenvalue weighted by Crippen LogP contribution is 2.26. The zero-order valence-corrected chi connectivity index (χ0v) is 18.8. The van der Waals surface area contributed by atoms with E-state index >= 15 is 0 Å². The molecule has 0 aliphatic rings. The fraction of sp³-hybridized carbons (Fsp3) is 0.0455. The van der Waals surface area contributed by atoms with E-state index in [9.17, 15) is 9.59 Å². The van der Waals surface area contributed by atoms with Gasteiger partial charge in [-0.1, -0.05) is 17.7 Å². The summed E-state index contributed by atoms with van der Waals surface area (Å²) in [7, 11) is 1.27. The maximum atomic E-state index is 12.1. The zero-order chi connectivity index (χ0) is 22.5. The van der Waals surface area contributed by atoms with Crippen LogP contribution in [0.5, 0.6) is 11.5 Å². The highest BCUT2D eigenvalue weighted by atomic mass is 35.5. The minimum absolute atomic E-state index is 0. The number of hydrogen-bond donors (Lipinski definition) is 4. The number of halogens is 2. The van der Waals surface area contributed by atoms with E-state index in [4.69, 9.17) is 16.3 Å². The topological polar surface area (TPSA) is 117 Å².